The van der Waals surface area contributed by atoms with E-state index < -0.39 is 28.3 Å². The fourth-order valence-corrected chi connectivity index (χ4v) is 3.19. The molecule has 0 saturated carbocycles. The highest BCUT2D eigenvalue weighted by molar-refractivity contribution is 7.90. The SMILES string of the molecule is Cc1ccc(C)c(CS(=O)(=O)CC(O)CO)c1. The Morgan fingerprint density at radius 3 is 2.53 bits per heavy atom. The smallest absolute Gasteiger partial charge is 0.157 e. The molecule has 4 nitrogen and oxygen atoms in total. The Balaban J connectivity index is 2.86. The number of sulfone groups is 1. The Morgan fingerprint density at radius 2 is 1.94 bits per heavy atom. The normalized spacial score (nSPS) is 13.6. The number of benzene rings is 1. The second-order valence-electron chi connectivity index (χ2n) is 4.32. The first-order valence-electron chi connectivity index (χ1n) is 5.39. The van der Waals surface area contributed by atoms with Crippen LogP contribution in [0.3, 0.4) is 0 Å². The van der Waals surface area contributed by atoms with Crippen LogP contribution in [0.4, 0.5) is 0 Å². The summed E-state index contributed by atoms with van der Waals surface area (Å²) in [5.41, 5.74) is 2.66. The van der Waals surface area contributed by atoms with Gasteiger partial charge in [0.1, 0.15) is 0 Å². The maximum absolute atomic E-state index is 11.8. The van der Waals surface area contributed by atoms with Crippen LogP contribution in [-0.2, 0) is 15.6 Å². The molecule has 96 valence electrons. The predicted octanol–water partition coefficient (Wildman–Crippen LogP) is 0.571. The summed E-state index contributed by atoms with van der Waals surface area (Å²) in [5.74, 6) is -0.506. The minimum Gasteiger partial charge on any atom is -0.394 e. The largest absolute Gasteiger partial charge is 0.394 e. The van der Waals surface area contributed by atoms with Gasteiger partial charge in [-0.3, -0.25) is 0 Å². The molecule has 2 N–H and O–H groups in total. The highest BCUT2D eigenvalue weighted by atomic mass is 32.2. The van der Waals surface area contributed by atoms with Crippen molar-refractivity contribution in [3.8, 4) is 0 Å². The van der Waals surface area contributed by atoms with Crippen molar-refractivity contribution in [1.29, 1.82) is 0 Å². The van der Waals surface area contributed by atoms with Gasteiger partial charge in [-0.05, 0) is 25.0 Å². The minimum absolute atomic E-state index is 0.0996. The van der Waals surface area contributed by atoms with Crippen LogP contribution in [0.2, 0.25) is 0 Å². The average Bonchev–Trinajstić information content (AvgIpc) is 2.22. The van der Waals surface area contributed by atoms with Crippen molar-refractivity contribution < 1.29 is 18.6 Å². The second kappa shape index (κ2) is 5.62. The molecule has 0 fully saturated rings. The molecule has 1 aromatic carbocycles. The van der Waals surface area contributed by atoms with E-state index in [1.807, 2.05) is 32.0 Å². The number of aryl methyl sites for hydroxylation is 2. The predicted molar refractivity (Wildman–Crippen MR) is 66.5 cm³/mol. The summed E-state index contributed by atoms with van der Waals surface area (Å²) in [7, 11) is -3.40. The molecule has 1 rings (SSSR count). The van der Waals surface area contributed by atoms with Crippen LogP contribution in [0.15, 0.2) is 18.2 Å². The quantitative estimate of drug-likeness (QED) is 0.810. The molecule has 0 radical (unpaired) electrons. The Hall–Kier alpha value is -0.910. The van der Waals surface area contributed by atoms with Crippen molar-refractivity contribution in [3.63, 3.8) is 0 Å². The lowest BCUT2D eigenvalue weighted by atomic mass is 10.1. The van der Waals surface area contributed by atoms with E-state index >= 15 is 0 Å². The molecule has 0 aromatic heterocycles. The molecule has 0 amide bonds. The van der Waals surface area contributed by atoms with E-state index in [9.17, 15) is 8.42 Å². The van der Waals surface area contributed by atoms with Gasteiger partial charge >= 0.3 is 0 Å². The maximum Gasteiger partial charge on any atom is 0.157 e. The molecule has 0 heterocycles. The molecule has 17 heavy (non-hydrogen) atoms. The topological polar surface area (TPSA) is 74.6 Å². The molecule has 1 unspecified atom stereocenters. The van der Waals surface area contributed by atoms with Gasteiger partial charge < -0.3 is 10.2 Å². The van der Waals surface area contributed by atoms with Gasteiger partial charge in [-0.2, -0.15) is 0 Å². The van der Waals surface area contributed by atoms with Crippen LogP contribution in [0.1, 0.15) is 16.7 Å². The van der Waals surface area contributed by atoms with Crippen LogP contribution in [0, 0.1) is 13.8 Å². The lowest BCUT2D eigenvalue weighted by molar-refractivity contribution is 0.112. The Morgan fingerprint density at radius 1 is 1.29 bits per heavy atom. The van der Waals surface area contributed by atoms with Gasteiger partial charge in [0.25, 0.3) is 0 Å². The van der Waals surface area contributed by atoms with Crippen molar-refractivity contribution in [2.24, 2.45) is 0 Å². The van der Waals surface area contributed by atoms with E-state index in [4.69, 9.17) is 10.2 Å². The van der Waals surface area contributed by atoms with E-state index in [0.29, 0.717) is 0 Å². The molecule has 0 saturated heterocycles. The minimum atomic E-state index is -3.40. The number of hydrogen-bond acceptors (Lipinski definition) is 4. The molecular formula is C12H18O4S. The molecule has 0 aliphatic rings. The highest BCUT2D eigenvalue weighted by Crippen LogP contribution is 2.14. The van der Waals surface area contributed by atoms with Crippen molar-refractivity contribution in [1.82, 2.24) is 0 Å². The van der Waals surface area contributed by atoms with E-state index in [2.05, 4.69) is 0 Å². The summed E-state index contributed by atoms with van der Waals surface area (Å²) >= 11 is 0. The summed E-state index contributed by atoms with van der Waals surface area (Å²) in [4.78, 5) is 0. The third kappa shape index (κ3) is 4.46. The first-order chi connectivity index (χ1) is 7.84. The van der Waals surface area contributed by atoms with Crippen LogP contribution in [0.25, 0.3) is 0 Å². The average molecular weight is 258 g/mol. The van der Waals surface area contributed by atoms with Crippen molar-refractivity contribution >= 4 is 9.84 Å². The number of hydrogen-bond donors (Lipinski definition) is 2. The monoisotopic (exact) mass is 258 g/mol. The summed E-state index contributed by atoms with van der Waals surface area (Å²) in [6.45, 7) is 3.22. The first-order valence-corrected chi connectivity index (χ1v) is 7.21. The third-order valence-electron chi connectivity index (χ3n) is 2.54. The maximum atomic E-state index is 11.8. The highest BCUT2D eigenvalue weighted by Gasteiger charge is 2.18. The zero-order chi connectivity index (χ0) is 13.1. The molecule has 0 aliphatic heterocycles. The van der Waals surface area contributed by atoms with Crippen LogP contribution < -0.4 is 0 Å². The molecule has 1 aromatic rings. The second-order valence-corrected chi connectivity index (χ2v) is 6.43. The van der Waals surface area contributed by atoms with Gasteiger partial charge in [0.15, 0.2) is 9.84 Å². The molecule has 0 bridgehead atoms. The zero-order valence-electron chi connectivity index (χ0n) is 10.0. The Bertz CT molecular complexity index is 479. The lowest BCUT2D eigenvalue weighted by Crippen LogP contribution is -2.25. The van der Waals surface area contributed by atoms with Crippen LogP contribution in [-0.4, -0.2) is 37.1 Å². The first kappa shape index (κ1) is 14.2. The summed E-state index contributed by atoms with van der Waals surface area (Å²) < 4.78 is 23.5. The zero-order valence-corrected chi connectivity index (χ0v) is 10.9. The standard InChI is InChI=1S/C12H18O4S/c1-9-3-4-10(2)11(5-9)7-17(15,16)8-12(14)6-13/h3-5,12-14H,6-8H2,1-2H3. The molecule has 1 atom stereocenters. The van der Waals surface area contributed by atoms with Crippen LogP contribution >= 0.6 is 0 Å². The van der Waals surface area contributed by atoms with E-state index in [1.165, 1.54) is 0 Å². The van der Waals surface area contributed by atoms with Gasteiger partial charge in [-0.1, -0.05) is 23.8 Å². The fourth-order valence-electron chi connectivity index (χ4n) is 1.60. The number of aliphatic hydroxyl groups is 2. The van der Waals surface area contributed by atoms with Gasteiger partial charge in [-0.15, -0.1) is 0 Å². The van der Waals surface area contributed by atoms with Crippen molar-refractivity contribution in [2.75, 3.05) is 12.4 Å². The summed E-state index contributed by atoms with van der Waals surface area (Å²) in [5, 5.41) is 17.8. The fraction of sp³-hybridized carbons (Fsp3) is 0.500. The van der Waals surface area contributed by atoms with Gasteiger partial charge in [0, 0.05) is 0 Å². The van der Waals surface area contributed by atoms with Gasteiger partial charge in [0.05, 0.1) is 24.2 Å². The number of aliphatic hydroxyl groups excluding tert-OH is 2. The van der Waals surface area contributed by atoms with Crippen molar-refractivity contribution in [3.05, 3.63) is 34.9 Å². The van der Waals surface area contributed by atoms with Crippen molar-refractivity contribution in [2.45, 2.75) is 25.7 Å². The van der Waals surface area contributed by atoms with Gasteiger partial charge in [0.2, 0.25) is 0 Å². The molecular weight excluding hydrogens is 240 g/mol. The Kier molecular flexibility index (Phi) is 4.68. The van der Waals surface area contributed by atoms with Crippen LogP contribution in [0.5, 0.6) is 0 Å². The van der Waals surface area contributed by atoms with E-state index in [1.54, 1.807) is 0 Å². The Labute approximate surface area is 102 Å². The third-order valence-corrected chi connectivity index (χ3v) is 4.18. The number of rotatable bonds is 5. The van der Waals surface area contributed by atoms with Gasteiger partial charge in [-0.25, -0.2) is 8.42 Å². The molecule has 0 aliphatic carbocycles. The summed E-state index contributed by atoms with van der Waals surface area (Å²) in [6, 6.07) is 5.63. The lowest BCUT2D eigenvalue weighted by Gasteiger charge is -2.10. The molecule has 5 heteroatoms. The van der Waals surface area contributed by atoms with E-state index in [0.717, 1.165) is 16.7 Å². The van der Waals surface area contributed by atoms with E-state index in [-0.39, 0.29) is 5.75 Å². The molecule has 0 spiro atoms. The summed E-state index contributed by atoms with van der Waals surface area (Å²) in [6.07, 6.45) is -1.20.